The van der Waals surface area contributed by atoms with Crippen molar-refractivity contribution in [3.05, 3.63) is 29.3 Å². The number of rotatable bonds is 4. The zero-order valence-corrected chi connectivity index (χ0v) is 9.91. The number of aryl methyl sites for hydroxylation is 1. The molecule has 0 aliphatic carbocycles. The van der Waals surface area contributed by atoms with E-state index in [1.54, 1.807) is 26.0 Å². The summed E-state index contributed by atoms with van der Waals surface area (Å²) in [4.78, 5) is 22.7. The third kappa shape index (κ3) is 3.79. The highest BCUT2D eigenvalue weighted by Gasteiger charge is 2.08. The number of carbonyl (C=O) groups excluding carboxylic acids is 2. The van der Waals surface area contributed by atoms with Crippen LogP contribution in [0.25, 0.3) is 0 Å². The van der Waals surface area contributed by atoms with Crippen molar-refractivity contribution >= 4 is 11.8 Å². The fourth-order valence-corrected chi connectivity index (χ4v) is 1.27. The molecule has 0 saturated carbocycles. The molecule has 0 aromatic heterocycles. The number of hydrogen-bond donors (Lipinski definition) is 3. The van der Waals surface area contributed by atoms with E-state index in [-0.39, 0.29) is 24.1 Å². The van der Waals surface area contributed by atoms with E-state index >= 15 is 0 Å². The van der Waals surface area contributed by atoms with Crippen molar-refractivity contribution in [3.63, 3.8) is 0 Å². The Morgan fingerprint density at radius 1 is 1.29 bits per heavy atom. The maximum absolute atomic E-state index is 11.6. The molecule has 2 amide bonds. The van der Waals surface area contributed by atoms with Gasteiger partial charge in [-0.1, -0.05) is 6.07 Å². The average molecular weight is 236 g/mol. The molecular formula is C12H16N2O3. The molecule has 3 N–H and O–H groups in total. The van der Waals surface area contributed by atoms with Gasteiger partial charge in [-0.25, -0.2) is 0 Å². The summed E-state index contributed by atoms with van der Waals surface area (Å²) in [6, 6.07) is 4.63. The van der Waals surface area contributed by atoms with Crippen LogP contribution in [0.5, 0.6) is 5.75 Å². The third-order valence-corrected chi connectivity index (χ3v) is 2.25. The predicted octanol–water partition coefficient (Wildman–Crippen LogP) is 0.567. The van der Waals surface area contributed by atoms with Crippen molar-refractivity contribution < 1.29 is 14.7 Å². The molecule has 0 spiro atoms. The quantitative estimate of drug-likeness (QED) is 0.715. The first-order valence-corrected chi connectivity index (χ1v) is 5.39. The van der Waals surface area contributed by atoms with Gasteiger partial charge in [0.25, 0.3) is 5.91 Å². The second-order valence-electron chi connectivity index (χ2n) is 3.64. The highest BCUT2D eigenvalue weighted by atomic mass is 16.3. The lowest BCUT2D eigenvalue weighted by Gasteiger charge is -2.06. The smallest absolute Gasteiger partial charge is 0.251 e. The normalized spacial score (nSPS) is 9.76. The lowest BCUT2D eigenvalue weighted by atomic mass is 10.1. The third-order valence-electron chi connectivity index (χ3n) is 2.25. The summed E-state index contributed by atoms with van der Waals surface area (Å²) in [7, 11) is 0. The summed E-state index contributed by atoms with van der Waals surface area (Å²) < 4.78 is 0. The number of carbonyl (C=O) groups is 2. The molecule has 92 valence electrons. The van der Waals surface area contributed by atoms with E-state index < -0.39 is 0 Å². The highest BCUT2D eigenvalue weighted by molar-refractivity contribution is 5.96. The number of aromatic hydroxyl groups is 1. The van der Waals surface area contributed by atoms with Crippen molar-refractivity contribution in [1.82, 2.24) is 10.6 Å². The molecule has 0 fully saturated rings. The Morgan fingerprint density at radius 3 is 2.59 bits per heavy atom. The summed E-state index contributed by atoms with van der Waals surface area (Å²) in [5.41, 5.74) is 1.03. The molecule has 0 aliphatic heterocycles. The van der Waals surface area contributed by atoms with Crippen LogP contribution in [-0.4, -0.2) is 30.0 Å². The monoisotopic (exact) mass is 236 g/mol. The van der Waals surface area contributed by atoms with Crippen LogP contribution in [-0.2, 0) is 4.79 Å². The standard InChI is InChI=1S/C12H16N2O3/c1-3-13-11(16)7-14-12(17)9-5-4-8(2)10(15)6-9/h4-6,15H,3,7H2,1-2H3,(H,13,16)(H,14,17). The number of likely N-dealkylation sites (N-methyl/N-ethyl adjacent to an activating group) is 1. The van der Waals surface area contributed by atoms with Crippen molar-refractivity contribution in [1.29, 1.82) is 0 Å². The predicted molar refractivity (Wildman–Crippen MR) is 63.9 cm³/mol. The Bertz CT molecular complexity index is 430. The molecule has 0 bridgehead atoms. The maximum Gasteiger partial charge on any atom is 0.251 e. The van der Waals surface area contributed by atoms with Crippen LogP contribution in [0.2, 0.25) is 0 Å². The Kier molecular flexibility index (Phi) is 4.51. The molecule has 17 heavy (non-hydrogen) atoms. The minimum absolute atomic E-state index is 0.0654. The lowest BCUT2D eigenvalue weighted by Crippen LogP contribution is -2.36. The molecule has 0 unspecified atom stereocenters. The van der Waals surface area contributed by atoms with E-state index in [2.05, 4.69) is 10.6 Å². The van der Waals surface area contributed by atoms with Crippen LogP contribution < -0.4 is 10.6 Å². The SMILES string of the molecule is CCNC(=O)CNC(=O)c1ccc(C)c(O)c1. The number of nitrogens with one attached hydrogen (secondary N) is 2. The van der Waals surface area contributed by atoms with E-state index in [1.165, 1.54) is 6.07 Å². The number of phenolic OH excluding ortho intramolecular Hbond substituents is 1. The number of benzene rings is 1. The van der Waals surface area contributed by atoms with Gasteiger partial charge in [-0.2, -0.15) is 0 Å². The Balaban J connectivity index is 2.58. The van der Waals surface area contributed by atoms with E-state index in [9.17, 15) is 14.7 Å². The topological polar surface area (TPSA) is 78.4 Å². The van der Waals surface area contributed by atoms with Crippen molar-refractivity contribution in [3.8, 4) is 5.75 Å². The van der Waals surface area contributed by atoms with Gasteiger partial charge in [-0.3, -0.25) is 9.59 Å². The summed E-state index contributed by atoms with van der Waals surface area (Å²) in [6.07, 6.45) is 0. The first-order chi connectivity index (χ1) is 8.04. The van der Waals surface area contributed by atoms with Gasteiger partial charge in [0.2, 0.25) is 5.91 Å². The molecule has 5 nitrogen and oxygen atoms in total. The molecular weight excluding hydrogens is 220 g/mol. The zero-order chi connectivity index (χ0) is 12.8. The second-order valence-corrected chi connectivity index (χ2v) is 3.64. The second kappa shape index (κ2) is 5.89. The summed E-state index contributed by atoms with van der Waals surface area (Å²) >= 11 is 0. The van der Waals surface area contributed by atoms with E-state index in [0.717, 1.165) is 0 Å². The van der Waals surface area contributed by atoms with E-state index in [0.29, 0.717) is 17.7 Å². The maximum atomic E-state index is 11.6. The fourth-order valence-electron chi connectivity index (χ4n) is 1.27. The first kappa shape index (κ1) is 13.0. The first-order valence-electron chi connectivity index (χ1n) is 5.39. The minimum Gasteiger partial charge on any atom is -0.508 e. The van der Waals surface area contributed by atoms with Gasteiger partial charge < -0.3 is 15.7 Å². The van der Waals surface area contributed by atoms with Gasteiger partial charge >= 0.3 is 0 Å². The van der Waals surface area contributed by atoms with Gasteiger partial charge in [0.15, 0.2) is 0 Å². The Labute approximate surface area is 99.8 Å². The molecule has 1 aromatic carbocycles. The summed E-state index contributed by atoms with van der Waals surface area (Å²) in [5.74, 6) is -0.556. The van der Waals surface area contributed by atoms with Crippen molar-refractivity contribution in [2.45, 2.75) is 13.8 Å². The van der Waals surface area contributed by atoms with E-state index in [1.807, 2.05) is 0 Å². The number of hydrogen-bond acceptors (Lipinski definition) is 3. The number of amides is 2. The van der Waals surface area contributed by atoms with Gasteiger partial charge in [0.1, 0.15) is 5.75 Å². The van der Waals surface area contributed by atoms with Gasteiger partial charge in [-0.15, -0.1) is 0 Å². The Morgan fingerprint density at radius 2 is 2.00 bits per heavy atom. The highest BCUT2D eigenvalue weighted by Crippen LogP contribution is 2.17. The summed E-state index contributed by atoms with van der Waals surface area (Å²) in [5, 5.41) is 14.5. The summed E-state index contributed by atoms with van der Waals surface area (Å²) in [6.45, 7) is 4.00. The minimum atomic E-state index is -0.383. The molecule has 0 heterocycles. The van der Waals surface area contributed by atoms with Gasteiger partial charge in [-0.05, 0) is 31.5 Å². The van der Waals surface area contributed by atoms with Crippen LogP contribution in [0, 0.1) is 6.92 Å². The largest absolute Gasteiger partial charge is 0.508 e. The van der Waals surface area contributed by atoms with Crippen LogP contribution in [0.4, 0.5) is 0 Å². The van der Waals surface area contributed by atoms with Crippen LogP contribution in [0.3, 0.4) is 0 Å². The van der Waals surface area contributed by atoms with Crippen molar-refractivity contribution in [2.24, 2.45) is 0 Å². The molecule has 0 aliphatic rings. The van der Waals surface area contributed by atoms with Crippen LogP contribution in [0.1, 0.15) is 22.8 Å². The van der Waals surface area contributed by atoms with Crippen LogP contribution >= 0.6 is 0 Å². The van der Waals surface area contributed by atoms with Gasteiger partial charge in [0, 0.05) is 12.1 Å². The molecule has 0 atom stereocenters. The molecule has 0 saturated heterocycles. The van der Waals surface area contributed by atoms with Crippen molar-refractivity contribution in [2.75, 3.05) is 13.1 Å². The number of phenols is 1. The van der Waals surface area contributed by atoms with Crippen LogP contribution in [0.15, 0.2) is 18.2 Å². The molecule has 1 rings (SSSR count). The van der Waals surface area contributed by atoms with E-state index in [4.69, 9.17) is 0 Å². The average Bonchev–Trinajstić information content (AvgIpc) is 2.30. The zero-order valence-electron chi connectivity index (χ0n) is 9.91. The molecule has 5 heteroatoms. The molecule has 0 radical (unpaired) electrons. The lowest BCUT2D eigenvalue weighted by molar-refractivity contribution is -0.120. The Hall–Kier alpha value is -2.04. The fraction of sp³-hybridized carbons (Fsp3) is 0.333. The van der Waals surface area contributed by atoms with Gasteiger partial charge in [0.05, 0.1) is 6.54 Å². The molecule has 1 aromatic rings.